The minimum absolute atomic E-state index is 0.132. The van der Waals surface area contributed by atoms with Crippen molar-refractivity contribution >= 4 is 34.8 Å². The first-order valence-corrected chi connectivity index (χ1v) is 10.3. The van der Waals surface area contributed by atoms with E-state index < -0.39 is 23.5 Å². The molecule has 1 fully saturated rings. The van der Waals surface area contributed by atoms with Crippen molar-refractivity contribution in [2.75, 3.05) is 0 Å². The normalized spacial score (nSPS) is 16.6. The van der Waals surface area contributed by atoms with E-state index in [0.717, 1.165) is 24.8 Å². The SMILES string of the molecule is C[C@@H](OC(=O)c1csc(-c2cccc(Cl)c2)n1)C(=O)NC1(C#N)CCCCC1. The highest BCUT2D eigenvalue weighted by Gasteiger charge is 2.35. The minimum Gasteiger partial charge on any atom is -0.448 e. The number of ether oxygens (including phenoxy) is 1. The lowest BCUT2D eigenvalue weighted by Gasteiger charge is -2.32. The van der Waals surface area contributed by atoms with Gasteiger partial charge in [0.15, 0.2) is 11.8 Å². The summed E-state index contributed by atoms with van der Waals surface area (Å²) in [6.45, 7) is 1.49. The van der Waals surface area contributed by atoms with Gasteiger partial charge in [-0.25, -0.2) is 9.78 Å². The van der Waals surface area contributed by atoms with E-state index in [0.29, 0.717) is 22.9 Å². The molecule has 146 valence electrons. The number of nitrogens with one attached hydrogen (secondary N) is 1. The number of carbonyl (C=O) groups is 2. The molecule has 1 aromatic carbocycles. The van der Waals surface area contributed by atoms with Gasteiger partial charge in [0, 0.05) is 16.0 Å². The van der Waals surface area contributed by atoms with Gasteiger partial charge in [-0.1, -0.05) is 43.0 Å². The Labute approximate surface area is 172 Å². The Kier molecular flexibility index (Phi) is 6.32. The highest BCUT2D eigenvalue weighted by Crippen LogP contribution is 2.28. The first kappa shape index (κ1) is 20.3. The number of nitrogens with zero attached hydrogens (tertiary/aromatic N) is 2. The molecule has 1 saturated carbocycles. The fraction of sp³-hybridized carbons (Fsp3) is 0.400. The highest BCUT2D eigenvalue weighted by molar-refractivity contribution is 7.13. The number of hydrogen-bond donors (Lipinski definition) is 1. The van der Waals surface area contributed by atoms with Gasteiger partial charge >= 0.3 is 5.97 Å². The summed E-state index contributed by atoms with van der Waals surface area (Å²) >= 11 is 7.28. The van der Waals surface area contributed by atoms with Crippen molar-refractivity contribution in [1.29, 1.82) is 5.26 Å². The molecule has 3 rings (SSSR count). The average molecular weight is 418 g/mol. The average Bonchev–Trinajstić information content (AvgIpc) is 3.19. The van der Waals surface area contributed by atoms with Crippen molar-refractivity contribution in [2.45, 2.75) is 50.7 Å². The Balaban J connectivity index is 1.63. The van der Waals surface area contributed by atoms with Crippen LogP contribution in [0.3, 0.4) is 0 Å². The second kappa shape index (κ2) is 8.72. The number of nitriles is 1. The number of halogens is 1. The lowest BCUT2D eigenvalue weighted by molar-refractivity contribution is -0.130. The first-order chi connectivity index (χ1) is 13.4. The van der Waals surface area contributed by atoms with Crippen LogP contribution in [0.4, 0.5) is 0 Å². The summed E-state index contributed by atoms with van der Waals surface area (Å²) in [5.74, 6) is -1.15. The zero-order chi connectivity index (χ0) is 20.1. The van der Waals surface area contributed by atoms with Crippen LogP contribution in [0.25, 0.3) is 10.6 Å². The molecule has 28 heavy (non-hydrogen) atoms. The van der Waals surface area contributed by atoms with Gasteiger partial charge in [-0.05, 0) is 31.9 Å². The summed E-state index contributed by atoms with van der Waals surface area (Å²) in [6.07, 6.45) is 3.06. The Hall–Kier alpha value is -2.43. The maximum absolute atomic E-state index is 12.4. The van der Waals surface area contributed by atoms with Gasteiger partial charge in [0.2, 0.25) is 0 Å². The summed E-state index contributed by atoms with van der Waals surface area (Å²) < 4.78 is 5.26. The van der Waals surface area contributed by atoms with E-state index in [-0.39, 0.29) is 5.69 Å². The Morgan fingerprint density at radius 2 is 2.11 bits per heavy atom. The van der Waals surface area contributed by atoms with Gasteiger partial charge in [-0.2, -0.15) is 5.26 Å². The van der Waals surface area contributed by atoms with Crippen molar-refractivity contribution in [1.82, 2.24) is 10.3 Å². The molecule has 8 heteroatoms. The molecule has 1 aliphatic carbocycles. The maximum atomic E-state index is 12.4. The van der Waals surface area contributed by atoms with Crippen LogP contribution in [0.5, 0.6) is 0 Å². The molecule has 6 nitrogen and oxygen atoms in total. The van der Waals surface area contributed by atoms with Gasteiger partial charge in [0.05, 0.1) is 6.07 Å². The minimum atomic E-state index is -1.02. The van der Waals surface area contributed by atoms with E-state index in [9.17, 15) is 14.9 Å². The maximum Gasteiger partial charge on any atom is 0.358 e. The standard InChI is InChI=1S/C20H20ClN3O3S/c1-13(17(25)24-20(12-22)8-3-2-4-9-20)27-19(26)16-11-28-18(23-16)14-6-5-7-15(21)10-14/h5-7,10-11,13H,2-4,8-9H2,1H3,(H,24,25)/t13-/m1/s1. The smallest absolute Gasteiger partial charge is 0.358 e. The number of rotatable bonds is 5. The van der Waals surface area contributed by atoms with Crippen LogP contribution in [-0.2, 0) is 9.53 Å². The molecule has 0 saturated heterocycles. The number of aromatic nitrogens is 1. The lowest BCUT2D eigenvalue weighted by atomic mass is 9.83. The van der Waals surface area contributed by atoms with Crippen LogP contribution in [0.1, 0.15) is 49.5 Å². The molecule has 0 bridgehead atoms. The molecule has 0 spiro atoms. The number of esters is 1. The van der Waals surface area contributed by atoms with Crippen molar-refractivity contribution in [3.05, 3.63) is 40.4 Å². The fourth-order valence-corrected chi connectivity index (χ4v) is 4.13. The first-order valence-electron chi connectivity index (χ1n) is 9.08. The molecule has 1 N–H and O–H groups in total. The van der Waals surface area contributed by atoms with E-state index >= 15 is 0 Å². The predicted molar refractivity (Wildman–Crippen MR) is 107 cm³/mol. The van der Waals surface area contributed by atoms with E-state index in [1.807, 2.05) is 6.07 Å². The molecule has 2 aromatic rings. The Bertz CT molecular complexity index is 915. The predicted octanol–water partition coefficient (Wildman–Crippen LogP) is 4.35. The molecular formula is C20H20ClN3O3S. The van der Waals surface area contributed by atoms with Crippen molar-refractivity contribution in [3.63, 3.8) is 0 Å². The van der Waals surface area contributed by atoms with Crippen LogP contribution in [0.2, 0.25) is 5.02 Å². The van der Waals surface area contributed by atoms with Crippen LogP contribution in [0, 0.1) is 11.3 Å². The van der Waals surface area contributed by atoms with E-state index in [1.165, 1.54) is 18.3 Å². The van der Waals surface area contributed by atoms with Gasteiger partial charge in [-0.15, -0.1) is 11.3 Å². The molecule has 1 aromatic heterocycles. The van der Waals surface area contributed by atoms with Gasteiger partial charge in [-0.3, -0.25) is 4.79 Å². The van der Waals surface area contributed by atoms with E-state index in [2.05, 4.69) is 16.4 Å². The zero-order valence-corrected chi connectivity index (χ0v) is 17.0. The van der Waals surface area contributed by atoms with Crippen molar-refractivity contribution in [2.24, 2.45) is 0 Å². The number of hydrogen-bond acceptors (Lipinski definition) is 6. The summed E-state index contributed by atoms with van der Waals surface area (Å²) in [6, 6.07) is 9.39. The van der Waals surface area contributed by atoms with Gasteiger partial charge < -0.3 is 10.1 Å². The highest BCUT2D eigenvalue weighted by atomic mass is 35.5. The zero-order valence-electron chi connectivity index (χ0n) is 15.4. The molecule has 0 unspecified atom stereocenters. The molecular weight excluding hydrogens is 398 g/mol. The fourth-order valence-electron chi connectivity index (χ4n) is 3.15. The third-order valence-corrected chi connectivity index (χ3v) is 5.85. The molecule has 1 amide bonds. The van der Waals surface area contributed by atoms with Crippen molar-refractivity contribution in [3.8, 4) is 16.6 Å². The summed E-state index contributed by atoms with van der Waals surface area (Å²) in [5.41, 5.74) is 0.0685. The summed E-state index contributed by atoms with van der Waals surface area (Å²) in [4.78, 5) is 29.1. The largest absolute Gasteiger partial charge is 0.448 e. The van der Waals surface area contributed by atoms with Crippen LogP contribution >= 0.6 is 22.9 Å². The third-order valence-electron chi connectivity index (χ3n) is 4.72. The van der Waals surface area contributed by atoms with E-state index in [4.69, 9.17) is 16.3 Å². The molecule has 1 heterocycles. The Morgan fingerprint density at radius 1 is 1.36 bits per heavy atom. The Morgan fingerprint density at radius 3 is 2.79 bits per heavy atom. The number of amides is 1. The number of benzene rings is 1. The third kappa shape index (κ3) is 4.70. The monoisotopic (exact) mass is 417 g/mol. The molecule has 1 aliphatic rings. The molecule has 0 radical (unpaired) electrons. The second-order valence-corrected chi connectivity index (χ2v) is 8.13. The molecule has 1 atom stereocenters. The quantitative estimate of drug-likeness (QED) is 0.730. The second-order valence-electron chi connectivity index (χ2n) is 6.84. The van der Waals surface area contributed by atoms with Crippen LogP contribution < -0.4 is 5.32 Å². The lowest BCUT2D eigenvalue weighted by Crippen LogP contribution is -2.52. The van der Waals surface area contributed by atoms with E-state index in [1.54, 1.807) is 23.6 Å². The number of thiazole rings is 1. The van der Waals surface area contributed by atoms with Crippen LogP contribution in [0.15, 0.2) is 29.6 Å². The van der Waals surface area contributed by atoms with Crippen molar-refractivity contribution < 1.29 is 14.3 Å². The topological polar surface area (TPSA) is 92.1 Å². The van der Waals surface area contributed by atoms with Crippen LogP contribution in [-0.4, -0.2) is 28.5 Å². The van der Waals surface area contributed by atoms with Gasteiger partial charge in [0.25, 0.3) is 5.91 Å². The summed E-state index contributed by atoms with van der Waals surface area (Å²) in [7, 11) is 0. The molecule has 0 aliphatic heterocycles. The van der Waals surface area contributed by atoms with Gasteiger partial charge in [0.1, 0.15) is 10.5 Å². The summed E-state index contributed by atoms with van der Waals surface area (Å²) in [5, 5.41) is 15.0. The number of carbonyl (C=O) groups excluding carboxylic acids is 2.